The second-order valence-electron chi connectivity index (χ2n) is 8.90. The molecule has 0 radical (unpaired) electrons. The summed E-state index contributed by atoms with van der Waals surface area (Å²) in [5, 5.41) is 9.22. The minimum Gasteiger partial charge on any atom is -0.493 e. The Hall–Kier alpha value is -2.79. The Morgan fingerprint density at radius 1 is 1.19 bits per heavy atom. The van der Waals surface area contributed by atoms with Crippen LogP contribution < -0.4 is 15.2 Å². The molecule has 3 atom stereocenters. The third kappa shape index (κ3) is 4.68. The summed E-state index contributed by atoms with van der Waals surface area (Å²) in [6, 6.07) is 4.89. The number of fused-ring (bicyclic) bond motifs is 1. The molecule has 2 amide bonds. The minimum absolute atomic E-state index is 0.00867. The molecule has 8 nitrogen and oxygen atoms in total. The highest BCUT2D eigenvalue weighted by molar-refractivity contribution is 5.84. The van der Waals surface area contributed by atoms with E-state index in [-0.39, 0.29) is 36.6 Å². The van der Waals surface area contributed by atoms with E-state index in [0.29, 0.717) is 31.0 Å². The maximum Gasteiger partial charge on any atom is 0.240 e. The topological polar surface area (TPSA) is 109 Å². The second kappa shape index (κ2) is 10.2. The molecular formula is C24H34N4O4. The Balaban J connectivity index is 1.71. The van der Waals surface area contributed by atoms with E-state index in [0.717, 1.165) is 24.0 Å². The number of methoxy groups -OCH3 is 2. The summed E-state index contributed by atoms with van der Waals surface area (Å²) >= 11 is 0. The van der Waals surface area contributed by atoms with Gasteiger partial charge >= 0.3 is 0 Å². The molecule has 2 aliphatic heterocycles. The molecule has 1 fully saturated rings. The largest absolute Gasteiger partial charge is 0.493 e. The number of rotatable bonds is 7. The van der Waals surface area contributed by atoms with Gasteiger partial charge in [-0.05, 0) is 54.9 Å². The number of nitriles is 1. The number of benzene rings is 1. The molecule has 32 heavy (non-hydrogen) atoms. The zero-order valence-electron chi connectivity index (χ0n) is 19.5. The standard InChI is InChI=1S/C24H34N4O4/c1-15(2)23-18-13-21(32-4)20(31-3)12-16(18)9-11-28(23)22(29)8-7-19(26)24(30)27-10-5-6-17(27)14-25/h12-13,15,17,19,23H,5-11,26H2,1-4H3/t17-,19-,23?/m0/s1. The Bertz CT molecular complexity index is 895. The van der Waals surface area contributed by atoms with Crippen molar-refractivity contribution >= 4 is 11.8 Å². The maximum absolute atomic E-state index is 13.2. The fourth-order valence-corrected chi connectivity index (χ4v) is 4.90. The first-order chi connectivity index (χ1) is 15.3. The average Bonchev–Trinajstić information content (AvgIpc) is 3.28. The highest BCUT2D eigenvalue weighted by Gasteiger charge is 2.35. The second-order valence-corrected chi connectivity index (χ2v) is 8.90. The van der Waals surface area contributed by atoms with Crippen molar-refractivity contribution < 1.29 is 19.1 Å². The van der Waals surface area contributed by atoms with E-state index in [1.54, 1.807) is 19.1 Å². The zero-order chi connectivity index (χ0) is 23.4. The molecule has 0 aromatic heterocycles. The molecule has 0 spiro atoms. The van der Waals surface area contributed by atoms with Crippen molar-refractivity contribution in [3.05, 3.63) is 23.3 Å². The third-order valence-electron chi connectivity index (χ3n) is 6.54. The van der Waals surface area contributed by atoms with Crippen LogP contribution in [0.2, 0.25) is 0 Å². The Labute approximate surface area is 190 Å². The maximum atomic E-state index is 13.2. The molecular weight excluding hydrogens is 408 g/mol. The van der Waals surface area contributed by atoms with Gasteiger partial charge in [0.2, 0.25) is 11.8 Å². The highest BCUT2D eigenvalue weighted by Crippen LogP contribution is 2.41. The van der Waals surface area contributed by atoms with Gasteiger partial charge in [0.25, 0.3) is 0 Å². The summed E-state index contributed by atoms with van der Waals surface area (Å²) < 4.78 is 10.9. The lowest BCUT2D eigenvalue weighted by Gasteiger charge is -2.40. The molecule has 2 heterocycles. The molecule has 2 aliphatic rings. The predicted molar refractivity (Wildman–Crippen MR) is 120 cm³/mol. The lowest BCUT2D eigenvalue weighted by Crippen LogP contribution is -2.47. The van der Waals surface area contributed by atoms with E-state index in [9.17, 15) is 14.9 Å². The lowest BCUT2D eigenvalue weighted by atomic mass is 9.85. The summed E-state index contributed by atoms with van der Waals surface area (Å²) in [5.41, 5.74) is 8.37. The summed E-state index contributed by atoms with van der Waals surface area (Å²) in [7, 11) is 3.23. The summed E-state index contributed by atoms with van der Waals surface area (Å²) in [4.78, 5) is 29.3. The van der Waals surface area contributed by atoms with Gasteiger partial charge in [-0.25, -0.2) is 0 Å². The van der Waals surface area contributed by atoms with Crippen LogP contribution in [0.15, 0.2) is 12.1 Å². The van der Waals surface area contributed by atoms with Crippen LogP contribution in [0.1, 0.15) is 56.7 Å². The number of carbonyl (C=O) groups excluding carboxylic acids is 2. The van der Waals surface area contributed by atoms with Crippen LogP contribution in [-0.4, -0.2) is 61.0 Å². The van der Waals surface area contributed by atoms with Gasteiger partial charge in [-0.3, -0.25) is 9.59 Å². The van der Waals surface area contributed by atoms with Gasteiger partial charge in [0.05, 0.1) is 32.4 Å². The van der Waals surface area contributed by atoms with Crippen molar-refractivity contribution in [2.24, 2.45) is 11.7 Å². The van der Waals surface area contributed by atoms with Crippen LogP contribution in [-0.2, 0) is 16.0 Å². The lowest BCUT2D eigenvalue weighted by molar-refractivity contribution is -0.136. The number of amides is 2. The first-order valence-electron chi connectivity index (χ1n) is 11.3. The molecule has 2 N–H and O–H groups in total. The monoisotopic (exact) mass is 442 g/mol. The fraction of sp³-hybridized carbons (Fsp3) is 0.625. The zero-order valence-corrected chi connectivity index (χ0v) is 19.5. The van der Waals surface area contributed by atoms with Gasteiger partial charge < -0.3 is 25.0 Å². The van der Waals surface area contributed by atoms with E-state index in [1.807, 2.05) is 17.0 Å². The van der Waals surface area contributed by atoms with Gasteiger partial charge in [0, 0.05) is 19.5 Å². The van der Waals surface area contributed by atoms with E-state index in [1.165, 1.54) is 0 Å². The Morgan fingerprint density at radius 3 is 2.50 bits per heavy atom. The Kier molecular flexibility index (Phi) is 7.62. The van der Waals surface area contributed by atoms with Gasteiger partial charge in [-0.15, -0.1) is 0 Å². The smallest absolute Gasteiger partial charge is 0.240 e. The number of hydrogen-bond donors (Lipinski definition) is 1. The predicted octanol–water partition coefficient (Wildman–Crippen LogP) is 2.41. The van der Waals surface area contributed by atoms with Crippen LogP contribution in [0.3, 0.4) is 0 Å². The molecule has 1 aromatic carbocycles. The fourth-order valence-electron chi connectivity index (χ4n) is 4.90. The van der Waals surface area contributed by atoms with E-state index < -0.39 is 12.1 Å². The molecule has 3 rings (SSSR count). The van der Waals surface area contributed by atoms with Crippen molar-refractivity contribution in [3.8, 4) is 17.6 Å². The van der Waals surface area contributed by atoms with Crippen LogP contribution >= 0.6 is 0 Å². The SMILES string of the molecule is COc1cc2c(cc1OC)C(C(C)C)N(C(=O)CC[C@H](N)C(=O)N1CCC[C@H]1C#N)CC2. The molecule has 0 saturated carbocycles. The van der Waals surface area contributed by atoms with Crippen molar-refractivity contribution in [2.75, 3.05) is 27.3 Å². The number of likely N-dealkylation sites (tertiary alicyclic amines) is 1. The summed E-state index contributed by atoms with van der Waals surface area (Å²) in [6.45, 7) is 5.36. The van der Waals surface area contributed by atoms with Gasteiger partial charge in [-0.1, -0.05) is 13.8 Å². The highest BCUT2D eigenvalue weighted by atomic mass is 16.5. The number of nitrogens with two attached hydrogens (primary N) is 1. The molecule has 0 bridgehead atoms. The molecule has 1 saturated heterocycles. The van der Waals surface area contributed by atoms with Gasteiger partial charge in [0.1, 0.15) is 6.04 Å². The first-order valence-corrected chi connectivity index (χ1v) is 11.3. The van der Waals surface area contributed by atoms with Crippen LogP contribution in [0.5, 0.6) is 11.5 Å². The van der Waals surface area contributed by atoms with Crippen LogP contribution in [0.25, 0.3) is 0 Å². The van der Waals surface area contributed by atoms with Gasteiger partial charge in [-0.2, -0.15) is 5.26 Å². The normalized spacial score (nSPS) is 21.2. The van der Waals surface area contributed by atoms with Crippen molar-refractivity contribution in [1.82, 2.24) is 9.80 Å². The van der Waals surface area contributed by atoms with E-state index in [4.69, 9.17) is 15.2 Å². The summed E-state index contributed by atoms with van der Waals surface area (Å²) in [6.07, 6.45) is 2.70. The van der Waals surface area contributed by atoms with E-state index in [2.05, 4.69) is 19.9 Å². The van der Waals surface area contributed by atoms with E-state index >= 15 is 0 Å². The number of ether oxygens (including phenoxy) is 2. The minimum atomic E-state index is -0.771. The number of hydrogen-bond acceptors (Lipinski definition) is 6. The van der Waals surface area contributed by atoms with Crippen molar-refractivity contribution in [2.45, 2.75) is 64.1 Å². The average molecular weight is 443 g/mol. The number of nitrogens with zero attached hydrogens (tertiary/aromatic N) is 3. The molecule has 1 aromatic rings. The molecule has 174 valence electrons. The molecule has 0 aliphatic carbocycles. The summed E-state index contributed by atoms with van der Waals surface area (Å²) in [5.74, 6) is 1.30. The first kappa shape index (κ1) is 23.9. The number of carbonyl (C=O) groups is 2. The third-order valence-corrected chi connectivity index (χ3v) is 6.54. The Morgan fingerprint density at radius 2 is 1.88 bits per heavy atom. The van der Waals surface area contributed by atoms with Crippen LogP contribution in [0.4, 0.5) is 0 Å². The van der Waals surface area contributed by atoms with Crippen molar-refractivity contribution in [1.29, 1.82) is 5.26 Å². The van der Waals surface area contributed by atoms with Gasteiger partial charge in [0.15, 0.2) is 11.5 Å². The molecule has 1 unspecified atom stereocenters. The quantitative estimate of drug-likeness (QED) is 0.695. The van der Waals surface area contributed by atoms with Crippen molar-refractivity contribution in [3.63, 3.8) is 0 Å². The molecule has 8 heteroatoms. The van der Waals surface area contributed by atoms with Crippen LogP contribution in [0, 0.1) is 17.2 Å².